The molecule has 1 aliphatic carbocycles. The van der Waals surface area contributed by atoms with Crippen LogP contribution >= 0.6 is 0 Å². The summed E-state index contributed by atoms with van der Waals surface area (Å²) in [6.07, 6.45) is 14.5. The molecule has 23 heavy (non-hydrogen) atoms. The molecule has 0 unspecified atom stereocenters. The number of benzene rings is 1. The zero-order valence-corrected chi connectivity index (χ0v) is 14.6. The molecule has 0 saturated heterocycles. The van der Waals surface area contributed by atoms with Gasteiger partial charge in [-0.25, -0.2) is 0 Å². The standard InChI is InChI=1S/C18H27N.C3H4O/c1-3-4-5-6-15-7-9-16(10-8-15)17-11-13-18(19-2)14-12-17;1-2-3-4/h3-4,11-16,19H,5-10H2,1-2H3;2-3H,1H2/b4-3+;. The van der Waals surface area contributed by atoms with Gasteiger partial charge in [0.2, 0.25) is 0 Å². The van der Waals surface area contributed by atoms with Gasteiger partial charge in [0.1, 0.15) is 6.29 Å². The van der Waals surface area contributed by atoms with E-state index < -0.39 is 0 Å². The van der Waals surface area contributed by atoms with E-state index in [2.05, 4.69) is 55.2 Å². The Balaban J connectivity index is 0.000000593. The lowest BCUT2D eigenvalue weighted by Gasteiger charge is -2.28. The van der Waals surface area contributed by atoms with Crippen LogP contribution in [0.15, 0.2) is 49.1 Å². The minimum absolute atomic E-state index is 0.639. The second kappa shape index (κ2) is 11.7. The summed E-state index contributed by atoms with van der Waals surface area (Å²) in [5.74, 6) is 1.76. The van der Waals surface area contributed by atoms with Crippen LogP contribution < -0.4 is 5.32 Å². The van der Waals surface area contributed by atoms with Crippen LogP contribution in [-0.4, -0.2) is 13.3 Å². The van der Waals surface area contributed by atoms with Crippen molar-refractivity contribution in [1.82, 2.24) is 0 Å². The maximum absolute atomic E-state index is 9.06. The molecule has 1 aromatic carbocycles. The zero-order chi connectivity index (χ0) is 16.9. The van der Waals surface area contributed by atoms with Crippen molar-refractivity contribution in [1.29, 1.82) is 0 Å². The first kappa shape index (κ1) is 19.2. The van der Waals surface area contributed by atoms with Gasteiger partial charge in [0, 0.05) is 12.7 Å². The van der Waals surface area contributed by atoms with Gasteiger partial charge in [0.25, 0.3) is 0 Å². The first-order valence-electron chi connectivity index (χ1n) is 8.70. The molecule has 0 amide bonds. The number of hydrogen-bond acceptors (Lipinski definition) is 2. The van der Waals surface area contributed by atoms with E-state index in [0.717, 1.165) is 11.8 Å². The number of carbonyl (C=O) groups is 1. The summed E-state index contributed by atoms with van der Waals surface area (Å²) < 4.78 is 0. The number of anilines is 1. The summed E-state index contributed by atoms with van der Waals surface area (Å²) in [5, 5.41) is 3.19. The van der Waals surface area contributed by atoms with Gasteiger partial charge in [0.05, 0.1) is 0 Å². The van der Waals surface area contributed by atoms with Crippen molar-refractivity contribution in [2.24, 2.45) is 5.92 Å². The van der Waals surface area contributed by atoms with Crippen LogP contribution in [-0.2, 0) is 4.79 Å². The molecule has 1 N–H and O–H groups in total. The average Bonchev–Trinajstić information content (AvgIpc) is 2.63. The third-order valence-corrected chi connectivity index (χ3v) is 4.59. The molecular weight excluding hydrogens is 282 g/mol. The molecule has 0 aliphatic heterocycles. The van der Waals surface area contributed by atoms with Crippen molar-refractivity contribution in [3.05, 3.63) is 54.6 Å². The van der Waals surface area contributed by atoms with Crippen LogP contribution in [0.2, 0.25) is 0 Å². The topological polar surface area (TPSA) is 29.1 Å². The SMILES string of the molecule is C/C=C/CCC1CCC(c2ccc(NC)cc2)CC1.C=CC=O. The van der Waals surface area contributed by atoms with Crippen LogP contribution in [0.25, 0.3) is 0 Å². The third kappa shape index (κ3) is 7.32. The number of aldehydes is 1. The molecule has 0 atom stereocenters. The van der Waals surface area contributed by atoms with Crippen molar-refractivity contribution in [2.45, 2.75) is 51.4 Å². The predicted octanol–water partition coefficient (Wildman–Crippen LogP) is 5.73. The van der Waals surface area contributed by atoms with Crippen molar-refractivity contribution in [3.8, 4) is 0 Å². The molecule has 2 nitrogen and oxygen atoms in total. The van der Waals surface area contributed by atoms with Crippen LogP contribution in [0, 0.1) is 5.92 Å². The number of carbonyl (C=O) groups excluding carboxylic acids is 1. The normalized spacial score (nSPS) is 20.4. The average molecular weight is 313 g/mol. The Morgan fingerprint density at radius 2 is 1.78 bits per heavy atom. The Morgan fingerprint density at radius 3 is 2.26 bits per heavy atom. The van der Waals surface area contributed by atoms with Crippen LogP contribution in [0.4, 0.5) is 5.69 Å². The number of rotatable bonds is 6. The molecule has 126 valence electrons. The van der Waals surface area contributed by atoms with Crippen molar-refractivity contribution in [2.75, 3.05) is 12.4 Å². The van der Waals surface area contributed by atoms with Gasteiger partial charge in [-0.3, -0.25) is 4.79 Å². The lowest BCUT2D eigenvalue weighted by atomic mass is 9.77. The molecule has 1 fully saturated rings. The third-order valence-electron chi connectivity index (χ3n) is 4.59. The van der Waals surface area contributed by atoms with Gasteiger partial charge in [-0.15, -0.1) is 0 Å². The highest BCUT2D eigenvalue weighted by Gasteiger charge is 2.21. The lowest BCUT2D eigenvalue weighted by Crippen LogP contribution is -2.13. The predicted molar refractivity (Wildman–Crippen MR) is 101 cm³/mol. The number of nitrogens with one attached hydrogen (secondary N) is 1. The highest BCUT2D eigenvalue weighted by Crippen LogP contribution is 2.37. The highest BCUT2D eigenvalue weighted by atomic mass is 16.1. The van der Waals surface area contributed by atoms with E-state index in [1.807, 2.05) is 7.05 Å². The van der Waals surface area contributed by atoms with E-state index in [9.17, 15) is 0 Å². The maximum atomic E-state index is 9.06. The smallest absolute Gasteiger partial charge is 0.142 e. The van der Waals surface area contributed by atoms with E-state index in [0.29, 0.717) is 6.29 Å². The van der Waals surface area contributed by atoms with E-state index in [-0.39, 0.29) is 0 Å². The zero-order valence-electron chi connectivity index (χ0n) is 14.6. The van der Waals surface area contributed by atoms with Gasteiger partial charge in [-0.05, 0) is 81.1 Å². The van der Waals surface area contributed by atoms with Gasteiger partial charge < -0.3 is 5.32 Å². The summed E-state index contributed by atoms with van der Waals surface area (Å²) in [5.41, 5.74) is 2.75. The van der Waals surface area contributed by atoms with E-state index >= 15 is 0 Å². The Morgan fingerprint density at radius 1 is 1.17 bits per heavy atom. The summed E-state index contributed by atoms with van der Waals surface area (Å²) in [7, 11) is 1.98. The summed E-state index contributed by atoms with van der Waals surface area (Å²) in [4.78, 5) is 9.06. The van der Waals surface area contributed by atoms with Crippen LogP contribution in [0.5, 0.6) is 0 Å². The fourth-order valence-corrected chi connectivity index (χ4v) is 3.21. The van der Waals surface area contributed by atoms with Crippen molar-refractivity contribution >= 4 is 12.0 Å². The van der Waals surface area contributed by atoms with E-state index in [4.69, 9.17) is 4.79 Å². The van der Waals surface area contributed by atoms with Gasteiger partial charge in [-0.2, -0.15) is 0 Å². The summed E-state index contributed by atoms with van der Waals surface area (Å²) in [6, 6.07) is 9.01. The second-order valence-corrected chi connectivity index (χ2v) is 6.11. The summed E-state index contributed by atoms with van der Waals surface area (Å²) >= 11 is 0. The van der Waals surface area contributed by atoms with Gasteiger partial charge >= 0.3 is 0 Å². The molecule has 0 spiro atoms. The molecular formula is C21H31NO. The first-order chi connectivity index (χ1) is 11.2. The number of allylic oxidation sites excluding steroid dienone is 3. The molecule has 0 heterocycles. The maximum Gasteiger partial charge on any atom is 0.142 e. The molecule has 1 aliphatic rings. The molecule has 0 radical (unpaired) electrons. The Bertz CT molecular complexity index is 461. The molecule has 0 bridgehead atoms. The fraction of sp³-hybridized carbons (Fsp3) is 0.476. The van der Waals surface area contributed by atoms with Gasteiger partial charge in [0.15, 0.2) is 0 Å². The monoisotopic (exact) mass is 313 g/mol. The van der Waals surface area contributed by atoms with Gasteiger partial charge in [-0.1, -0.05) is 30.9 Å². The second-order valence-electron chi connectivity index (χ2n) is 6.11. The van der Waals surface area contributed by atoms with Crippen LogP contribution in [0.3, 0.4) is 0 Å². The lowest BCUT2D eigenvalue weighted by molar-refractivity contribution is -0.104. The summed E-state index contributed by atoms with van der Waals surface area (Å²) in [6.45, 7) is 5.23. The Hall–Kier alpha value is -1.83. The minimum atomic E-state index is 0.639. The van der Waals surface area contributed by atoms with Crippen molar-refractivity contribution in [3.63, 3.8) is 0 Å². The molecule has 0 aromatic heterocycles. The Kier molecular flexibility index (Phi) is 9.78. The molecule has 1 saturated carbocycles. The first-order valence-corrected chi connectivity index (χ1v) is 8.70. The quantitative estimate of drug-likeness (QED) is 0.413. The van der Waals surface area contributed by atoms with Crippen LogP contribution in [0.1, 0.15) is 56.9 Å². The van der Waals surface area contributed by atoms with E-state index in [1.165, 1.54) is 55.9 Å². The highest BCUT2D eigenvalue weighted by molar-refractivity contribution is 5.63. The number of hydrogen-bond donors (Lipinski definition) is 1. The Labute approximate surface area is 141 Å². The van der Waals surface area contributed by atoms with E-state index in [1.54, 1.807) is 0 Å². The largest absolute Gasteiger partial charge is 0.388 e. The van der Waals surface area contributed by atoms with Crippen molar-refractivity contribution < 1.29 is 4.79 Å². The fourth-order valence-electron chi connectivity index (χ4n) is 3.21. The molecule has 2 rings (SSSR count). The molecule has 2 heteroatoms. The minimum Gasteiger partial charge on any atom is -0.388 e. The molecule has 1 aromatic rings.